The molecule has 0 saturated heterocycles. The number of hydrogen-bond acceptors (Lipinski definition) is 11. The fourth-order valence-electron chi connectivity index (χ4n) is 9.70. The van der Waals surface area contributed by atoms with E-state index in [0.29, 0.717) is 46.9 Å². The number of aliphatic hydroxyl groups excluding tert-OH is 2. The molecule has 1 heterocycles. The molecule has 4 aromatic rings. The number of unbranched alkanes of at least 4 members (excludes halogenated alkanes) is 2. The smallest absolute Gasteiger partial charge is 0.269 e. The molecule has 6 unspecified atom stereocenters. The zero-order valence-corrected chi connectivity index (χ0v) is 37.5. The SMILES string of the molecule is C=CCOC12Oc3ccc(Oc4ccc(SC)cc4)cc3C3C(CCCCO)C(CCCCO)C=C(C(=NOC)CC1N(Cc1ccc(F)cc1)C(=O)C=Cc1ccc([N+](=O)[O-])cc1)C32. The monoisotopic (exact) mass is 905 g/mol. The van der Waals surface area contributed by atoms with E-state index in [1.165, 1.54) is 37.5 Å². The summed E-state index contributed by atoms with van der Waals surface area (Å²) < 4.78 is 35.3. The molecule has 12 nitrogen and oxygen atoms in total. The van der Waals surface area contributed by atoms with Crippen LogP contribution in [0, 0.1) is 33.7 Å². The van der Waals surface area contributed by atoms with Crippen molar-refractivity contribution in [2.45, 2.75) is 74.1 Å². The molecule has 0 radical (unpaired) electrons. The van der Waals surface area contributed by atoms with Crippen molar-refractivity contribution in [3.63, 3.8) is 0 Å². The van der Waals surface area contributed by atoms with E-state index in [1.807, 2.05) is 48.7 Å². The minimum atomic E-state index is -1.54. The number of amides is 1. The molecule has 342 valence electrons. The zero-order valence-electron chi connectivity index (χ0n) is 36.7. The van der Waals surface area contributed by atoms with Crippen LogP contribution in [0.25, 0.3) is 6.08 Å². The second-order valence-electron chi connectivity index (χ2n) is 16.5. The molecule has 1 saturated carbocycles. The number of non-ortho nitro benzene ring substituents is 1. The topological polar surface area (TPSA) is 153 Å². The minimum Gasteiger partial charge on any atom is -0.459 e. The molecule has 14 heteroatoms. The highest BCUT2D eigenvalue weighted by molar-refractivity contribution is 7.98. The van der Waals surface area contributed by atoms with Crippen LogP contribution < -0.4 is 9.47 Å². The van der Waals surface area contributed by atoms with Crippen LogP contribution in [0.2, 0.25) is 0 Å². The van der Waals surface area contributed by atoms with Crippen molar-refractivity contribution in [1.82, 2.24) is 4.90 Å². The third kappa shape index (κ3) is 10.7. The van der Waals surface area contributed by atoms with E-state index in [4.69, 9.17) is 19.0 Å². The van der Waals surface area contributed by atoms with E-state index >= 15 is 0 Å². The van der Waals surface area contributed by atoms with Gasteiger partial charge in [-0.05, 0) is 133 Å². The number of thioether (sulfide) groups is 1. The van der Waals surface area contributed by atoms with Gasteiger partial charge in [-0.1, -0.05) is 42.3 Å². The normalized spacial score (nSPS) is 22.6. The summed E-state index contributed by atoms with van der Waals surface area (Å²) >= 11 is 1.65. The Balaban J connectivity index is 1.43. The van der Waals surface area contributed by atoms with E-state index in [2.05, 4.69) is 17.8 Å². The van der Waals surface area contributed by atoms with Gasteiger partial charge in [0, 0.05) is 60.8 Å². The minimum absolute atomic E-state index is 0.00899. The Morgan fingerprint density at radius 1 is 1.00 bits per heavy atom. The van der Waals surface area contributed by atoms with Crippen molar-refractivity contribution in [3.8, 4) is 17.2 Å². The third-order valence-corrected chi connectivity index (χ3v) is 13.3. The summed E-state index contributed by atoms with van der Waals surface area (Å²) in [5, 5.41) is 35.9. The quantitative estimate of drug-likeness (QED) is 0.0206. The number of fused-ring (bicyclic) bond motifs is 2. The highest BCUT2D eigenvalue weighted by Gasteiger charge is 2.65. The number of benzene rings is 4. The molecule has 4 aromatic carbocycles. The van der Waals surface area contributed by atoms with Gasteiger partial charge in [-0.15, -0.1) is 18.3 Å². The summed E-state index contributed by atoms with van der Waals surface area (Å²) in [7, 11) is 1.49. The molecule has 0 spiro atoms. The molecule has 1 amide bonds. The highest BCUT2D eigenvalue weighted by Crippen LogP contribution is 2.62. The first-order chi connectivity index (χ1) is 31.6. The lowest BCUT2D eigenvalue weighted by atomic mass is 9.55. The Hall–Kier alpha value is -5.80. The first-order valence-corrected chi connectivity index (χ1v) is 23.3. The van der Waals surface area contributed by atoms with E-state index in [9.17, 15) is 29.5 Å². The van der Waals surface area contributed by atoms with Crippen LogP contribution in [0.5, 0.6) is 17.2 Å². The number of halogens is 1. The molecule has 7 rings (SSSR count). The van der Waals surface area contributed by atoms with Gasteiger partial charge in [0.15, 0.2) is 0 Å². The Morgan fingerprint density at radius 3 is 2.37 bits per heavy atom. The van der Waals surface area contributed by atoms with Crippen molar-refractivity contribution in [2.24, 2.45) is 22.9 Å². The molecule has 1 aliphatic heterocycles. The van der Waals surface area contributed by atoms with Crippen LogP contribution in [0.3, 0.4) is 0 Å². The molecular weight excluding hydrogens is 850 g/mol. The fraction of sp³-hybridized carbons (Fsp3) is 0.373. The van der Waals surface area contributed by atoms with Crippen LogP contribution in [0.4, 0.5) is 10.1 Å². The summed E-state index contributed by atoms with van der Waals surface area (Å²) in [6.07, 6.45) is 13.5. The maximum atomic E-state index is 15.0. The van der Waals surface area contributed by atoms with Gasteiger partial charge in [0.05, 0.1) is 23.2 Å². The summed E-state index contributed by atoms with van der Waals surface area (Å²) in [6, 6.07) is 24.7. The van der Waals surface area contributed by atoms with Crippen molar-refractivity contribution in [3.05, 3.63) is 154 Å². The van der Waals surface area contributed by atoms with Crippen molar-refractivity contribution in [2.75, 3.05) is 33.2 Å². The molecule has 3 aliphatic rings. The Labute approximate surface area is 383 Å². The van der Waals surface area contributed by atoms with Crippen LogP contribution in [-0.2, 0) is 20.9 Å². The lowest BCUT2D eigenvalue weighted by molar-refractivity contribution is -0.384. The summed E-state index contributed by atoms with van der Waals surface area (Å²) in [5.41, 5.74) is 3.56. The number of nitro groups is 1. The summed E-state index contributed by atoms with van der Waals surface area (Å²) in [5.74, 6) is -1.34. The number of ether oxygens (including phenoxy) is 3. The average Bonchev–Trinajstić information content (AvgIpc) is 3.32. The van der Waals surface area contributed by atoms with E-state index in [0.717, 1.165) is 41.7 Å². The number of aliphatic hydroxyl groups is 2. The van der Waals surface area contributed by atoms with Crippen molar-refractivity contribution in [1.29, 1.82) is 0 Å². The average molecular weight is 906 g/mol. The Bertz CT molecular complexity index is 2370. The van der Waals surface area contributed by atoms with Crippen LogP contribution in [-0.4, -0.2) is 76.7 Å². The number of carbonyl (C=O) groups excluding carboxylic acids is 1. The molecule has 2 aliphatic carbocycles. The van der Waals surface area contributed by atoms with Gasteiger partial charge in [0.1, 0.15) is 36.2 Å². The third-order valence-electron chi connectivity index (χ3n) is 12.6. The maximum Gasteiger partial charge on any atom is 0.269 e. The number of carbonyl (C=O) groups is 1. The lowest BCUT2D eigenvalue weighted by Crippen LogP contribution is -2.70. The summed E-state index contributed by atoms with van der Waals surface area (Å²) in [6.45, 7) is 4.24. The molecule has 0 bridgehead atoms. The van der Waals surface area contributed by atoms with Gasteiger partial charge in [0.25, 0.3) is 5.69 Å². The van der Waals surface area contributed by atoms with E-state index in [-0.39, 0.29) is 56.2 Å². The highest BCUT2D eigenvalue weighted by atomic mass is 32.2. The number of nitrogens with zero attached hydrogens (tertiary/aromatic N) is 3. The van der Waals surface area contributed by atoms with Crippen molar-refractivity contribution >= 4 is 35.1 Å². The summed E-state index contributed by atoms with van der Waals surface area (Å²) in [4.78, 5) is 34.3. The van der Waals surface area contributed by atoms with Crippen LogP contribution >= 0.6 is 11.8 Å². The first-order valence-electron chi connectivity index (χ1n) is 22.0. The largest absolute Gasteiger partial charge is 0.459 e. The number of allylic oxidation sites excluding steroid dienone is 1. The van der Waals surface area contributed by atoms with Gasteiger partial charge in [-0.25, -0.2) is 4.39 Å². The molecule has 0 aromatic heterocycles. The van der Waals surface area contributed by atoms with Gasteiger partial charge in [0.2, 0.25) is 11.7 Å². The number of hydrogen-bond donors (Lipinski definition) is 2. The molecule has 6 atom stereocenters. The molecular formula is C51H56FN3O9S. The second-order valence-corrected chi connectivity index (χ2v) is 17.4. The van der Waals surface area contributed by atoms with Gasteiger partial charge >= 0.3 is 0 Å². The number of rotatable bonds is 21. The standard InChI is InChI=1S/C51H56FN3O9S/c1-4-29-62-51-47(54(33-35-11-16-37(52)17-12-35)48(58)26-15-34-13-18-38(19-14-34)55(59)60)32-45(53-61-2)43-30-36(9-5-7-27-56)42(10-6-8-28-57)49(50(43)51)44-31-40(22-25-46(44)64-51)63-39-20-23-41(65-3)24-21-39/h4,11-26,30-31,36,42,47,49-50,56-57H,1,5-10,27-29,32-33H2,2-3H3. The number of nitro benzene ring substituents is 1. The second kappa shape index (κ2) is 21.9. The predicted molar refractivity (Wildman–Crippen MR) is 249 cm³/mol. The number of oxime groups is 1. The van der Waals surface area contributed by atoms with E-state index in [1.54, 1.807) is 53.1 Å². The predicted octanol–water partition coefficient (Wildman–Crippen LogP) is 10.3. The van der Waals surface area contributed by atoms with E-state index < -0.39 is 34.4 Å². The fourth-order valence-corrected chi connectivity index (χ4v) is 10.1. The molecule has 1 fully saturated rings. The maximum absolute atomic E-state index is 15.0. The Morgan fingerprint density at radius 2 is 1.71 bits per heavy atom. The van der Waals surface area contributed by atoms with Crippen molar-refractivity contribution < 1.29 is 43.4 Å². The van der Waals surface area contributed by atoms with Crippen LogP contribution in [0.15, 0.2) is 131 Å². The van der Waals surface area contributed by atoms with Gasteiger partial charge in [-0.3, -0.25) is 14.9 Å². The molecule has 2 N–H and O–H groups in total. The van der Waals surface area contributed by atoms with Gasteiger partial charge < -0.3 is 34.2 Å². The molecule has 65 heavy (non-hydrogen) atoms. The Kier molecular flexibility index (Phi) is 15.9. The zero-order chi connectivity index (χ0) is 45.9. The van der Waals surface area contributed by atoms with Gasteiger partial charge in [-0.2, -0.15) is 0 Å². The lowest BCUT2D eigenvalue weighted by Gasteiger charge is -2.60. The first kappa shape index (κ1) is 47.2. The van der Waals surface area contributed by atoms with Crippen LogP contribution in [0.1, 0.15) is 67.6 Å².